The molecule has 21 heavy (non-hydrogen) atoms. The van der Waals surface area contributed by atoms with Gasteiger partial charge < -0.3 is 9.88 Å². The van der Waals surface area contributed by atoms with Gasteiger partial charge in [-0.15, -0.1) is 0 Å². The molecule has 3 rings (SSSR count). The summed E-state index contributed by atoms with van der Waals surface area (Å²) in [6, 6.07) is 7.75. The molecule has 0 aliphatic carbocycles. The number of nitrogens with zero attached hydrogens (tertiary/aromatic N) is 1. The molecule has 1 aromatic carbocycles. The van der Waals surface area contributed by atoms with E-state index in [0.717, 1.165) is 22.3 Å². The number of nitrogens with one attached hydrogen (secondary N) is 1. The van der Waals surface area contributed by atoms with E-state index in [4.69, 9.17) is 5.14 Å². The van der Waals surface area contributed by atoms with E-state index in [1.54, 1.807) is 4.90 Å². The van der Waals surface area contributed by atoms with Gasteiger partial charge in [0.2, 0.25) is 15.9 Å². The Hall–Kier alpha value is -1.86. The summed E-state index contributed by atoms with van der Waals surface area (Å²) in [6.07, 6.45) is 0.223. The predicted octanol–water partition coefficient (Wildman–Crippen LogP) is 1.12. The summed E-state index contributed by atoms with van der Waals surface area (Å²) in [4.78, 5) is 17.0. The fourth-order valence-corrected chi connectivity index (χ4v) is 3.78. The van der Waals surface area contributed by atoms with Gasteiger partial charge in [-0.05, 0) is 31.2 Å². The van der Waals surface area contributed by atoms with Crippen molar-refractivity contribution in [3.05, 3.63) is 30.0 Å². The molecule has 1 amide bonds. The molecule has 0 bridgehead atoms. The van der Waals surface area contributed by atoms with Gasteiger partial charge in [-0.3, -0.25) is 4.79 Å². The molecular formula is C14H17N3O3S. The highest BCUT2D eigenvalue weighted by Gasteiger charge is 2.32. The average molecular weight is 307 g/mol. The average Bonchev–Trinajstić information content (AvgIpc) is 2.88. The zero-order valence-corrected chi connectivity index (χ0v) is 12.5. The van der Waals surface area contributed by atoms with E-state index in [-0.39, 0.29) is 24.0 Å². The van der Waals surface area contributed by atoms with Gasteiger partial charge in [0.15, 0.2) is 0 Å². The highest BCUT2D eigenvalue weighted by atomic mass is 32.2. The van der Waals surface area contributed by atoms with E-state index >= 15 is 0 Å². The number of aromatic nitrogens is 1. The number of amides is 1. The first-order valence-electron chi connectivity index (χ1n) is 6.72. The minimum Gasteiger partial charge on any atom is -0.359 e. The number of aryl methyl sites for hydroxylation is 1. The third-order valence-corrected chi connectivity index (χ3v) is 4.66. The Morgan fingerprint density at radius 1 is 1.38 bits per heavy atom. The maximum absolute atomic E-state index is 12.1. The number of primary sulfonamides is 1. The molecule has 2 aromatic rings. The van der Waals surface area contributed by atoms with E-state index < -0.39 is 10.0 Å². The van der Waals surface area contributed by atoms with E-state index in [1.807, 2.05) is 31.2 Å². The second-order valence-electron chi connectivity index (χ2n) is 5.63. The molecule has 7 heteroatoms. The van der Waals surface area contributed by atoms with Crippen LogP contribution in [0.15, 0.2) is 24.3 Å². The van der Waals surface area contributed by atoms with Crippen LogP contribution < -0.4 is 10.0 Å². The van der Waals surface area contributed by atoms with Gasteiger partial charge in [0, 0.05) is 41.2 Å². The smallest absolute Gasteiger partial charge is 0.227 e. The first-order chi connectivity index (χ1) is 9.82. The molecule has 2 heterocycles. The van der Waals surface area contributed by atoms with Crippen LogP contribution in [0.4, 0.5) is 5.69 Å². The molecule has 6 nitrogen and oxygen atoms in total. The van der Waals surface area contributed by atoms with E-state index in [9.17, 15) is 13.2 Å². The lowest BCUT2D eigenvalue weighted by atomic mass is 10.1. The van der Waals surface area contributed by atoms with Crippen molar-refractivity contribution in [1.29, 1.82) is 0 Å². The summed E-state index contributed by atoms with van der Waals surface area (Å²) in [5.41, 5.74) is 2.87. The van der Waals surface area contributed by atoms with Gasteiger partial charge in [-0.25, -0.2) is 13.6 Å². The molecule has 1 aliphatic rings. The van der Waals surface area contributed by atoms with E-state index in [1.165, 1.54) is 0 Å². The number of H-pyrrole nitrogens is 1. The maximum Gasteiger partial charge on any atom is 0.227 e. The molecule has 1 unspecified atom stereocenters. The lowest BCUT2D eigenvalue weighted by Crippen LogP contribution is -2.27. The summed E-state index contributed by atoms with van der Waals surface area (Å²) < 4.78 is 22.3. The molecule has 112 valence electrons. The number of benzene rings is 1. The number of carbonyl (C=O) groups excluding carboxylic acids is 1. The Morgan fingerprint density at radius 3 is 2.86 bits per heavy atom. The molecule has 1 fully saturated rings. The van der Waals surface area contributed by atoms with Crippen LogP contribution in [0.25, 0.3) is 10.9 Å². The molecule has 0 spiro atoms. The highest BCUT2D eigenvalue weighted by Crippen LogP contribution is 2.28. The Morgan fingerprint density at radius 2 is 2.14 bits per heavy atom. The predicted molar refractivity (Wildman–Crippen MR) is 81.5 cm³/mol. The van der Waals surface area contributed by atoms with Crippen molar-refractivity contribution < 1.29 is 13.2 Å². The number of fused-ring (bicyclic) bond motifs is 1. The van der Waals surface area contributed by atoms with Gasteiger partial charge in [0.05, 0.1) is 5.75 Å². The number of rotatable bonds is 3. The van der Waals surface area contributed by atoms with Crippen LogP contribution in [-0.4, -0.2) is 31.6 Å². The van der Waals surface area contributed by atoms with Gasteiger partial charge >= 0.3 is 0 Å². The van der Waals surface area contributed by atoms with Crippen LogP contribution in [0.1, 0.15) is 12.1 Å². The monoisotopic (exact) mass is 307 g/mol. The fraction of sp³-hybridized carbons (Fsp3) is 0.357. The molecule has 1 aliphatic heterocycles. The second-order valence-corrected chi connectivity index (χ2v) is 7.29. The van der Waals surface area contributed by atoms with Gasteiger partial charge in [0.1, 0.15) is 0 Å². The van der Waals surface area contributed by atoms with Crippen molar-refractivity contribution in [2.45, 2.75) is 13.3 Å². The number of anilines is 1. The van der Waals surface area contributed by atoms with E-state index in [0.29, 0.717) is 6.54 Å². The van der Waals surface area contributed by atoms with Crippen molar-refractivity contribution in [2.75, 3.05) is 17.2 Å². The lowest BCUT2D eigenvalue weighted by molar-refractivity contribution is -0.117. The number of sulfonamides is 1. The number of carbonyl (C=O) groups is 1. The minimum atomic E-state index is -3.55. The lowest BCUT2D eigenvalue weighted by Gasteiger charge is -2.16. The van der Waals surface area contributed by atoms with Crippen LogP contribution >= 0.6 is 0 Å². The largest absolute Gasteiger partial charge is 0.359 e. The Kier molecular flexibility index (Phi) is 3.26. The first-order valence-corrected chi connectivity index (χ1v) is 8.43. The summed E-state index contributed by atoms with van der Waals surface area (Å²) in [5.74, 6) is -0.452. The van der Waals surface area contributed by atoms with Crippen molar-refractivity contribution in [3.63, 3.8) is 0 Å². The third kappa shape index (κ3) is 2.93. The zero-order valence-electron chi connectivity index (χ0n) is 11.7. The van der Waals surface area contributed by atoms with Crippen LogP contribution in [0.2, 0.25) is 0 Å². The summed E-state index contributed by atoms with van der Waals surface area (Å²) in [7, 11) is -3.55. The Bertz CT molecular complexity index is 810. The molecule has 0 saturated carbocycles. The summed E-state index contributed by atoms with van der Waals surface area (Å²) in [6.45, 7) is 2.37. The molecular weight excluding hydrogens is 290 g/mol. The zero-order chi connectivity index (χ0) is 15.2. The van der Waals surface area contributed by atoms with Crippen molar-refractivity contribution in [3.8, 4) is 0 Å². The third-order valence-electron chi connectivity index (χ3n) is 3.72. The first kappa shape index (κ1) is 14.1. The van der Waals surface area contributed by atoms with Crippen LogP contribution in [0, 0.1) is 12.8 Å². The number of aromatic amines is 1. The number of hydrogen-bond acceptors (Lipinski definition) is 3. The normalized spacial score (nSPS) is 19.6. The quantitative estimate of drug-likeness (QED) is 0.889. The van der Waals surface area contributed by atoms with Crippen LogP contribution in [-0.2, 0) is 14.8 Å². The summed E-state index contributed by atoms with van der Waals surface area (Å²) >= 11 is 0. The molecule has 3 N–H and O–H groups in total. The van der Waals surface area contributed by atoms with Crippen LogP contribution in [0.5, 0.6) is 0 Å². The second kappa shape index (κ2) is 4.85. The number of nitrogens with two attached hydrogens (primary N) is 1. The SMILES string of the molecule is Cc1cc2cc(N3CC(CS(N)(=O)=O)CC3=O)ccc2[nH]1. The van der Waals surface area contributed by atoms with Gasteiger partial charge in [-0.2, -0.15) is 0 Å². The number of hydrogen-bond donors (Lipinski definition) is 2. The Balaban J connectivity index is 1.86. The minimum absolute atomic E-state index is 0.0599. The molecule has 1 atom stereocenters. The Labute approximate surface area is 123 Å². The molecule has 1 saturated heterocycles. The van der Waals surface area contributed by atoms with Crippen molar-refractivity contribution in [1.82, 2.24) is 4.98 Å². The fourth-order valence-electron chi connectivity index (χ4n) is 2.90. The molecule has 0 radical (unpaired) electrons. The summed E-state index contributed by atoms with van der Waals surface area (Å²) in [5, 5.41) is 6.10. The topological polar surface area (TPSA) is 96.3 Å². The highest BCUT2D eigenvalue weighted by molar-refractivity contribution is 7.89. The van der Waals surface area contributed by atoms with Gasteiger partial charge in [0.25, 0.3) is 0 Å². The van der Waals surface area contributed by atoms with Crippen molar-refractivity contribution >= 4 is 32.5 Å². The maximum atomic E-state index is 12.1. The molecule has 1 aromatic heterocycles. The standard InChI is InChI=1S/C14H17N3O3S/c1-9-4-11-6-12(2-3-13(11)16-9)17-7-10(5-14(17)18)8-21(15,19)20/h2-4,6,10,16H,5,7-8H2,1H3,(H2,15,19,20). The van der Waals surface area contributed by atoms with Crippen molar-refractivity contribution in [2.24, 2.45) is 11.1 Å². The van der Waals surface area contributed by atoms with Crippen LogP contribution in [0.3, 0.4) is 0 Å². The van der Waals surface area contributed by atoms with Gasteiger partial charge in [-0.1, -0.05) is 0 Å². The van der Waals surface area contributed by atoms with E-state index in [2.05, 4.69) is 4.98 Å².